The lowest BCUT2D eigenvalue weighted by molar-refractivity contribution is -0.226. The highest BCUT2D eigenvalue weighted by Crippen LogP contribution is 2.33. The number of allylic oxidation sites excluding steroid dienone is 2. The molecular formula is C39H51NO10. The molecule has 2 heterocycles. The Kier molecular flexibility index (Phi) is 15.3. The van der Waals surface area contributed by atoms with Crippen LogP contribution in [0.3, 0.4) is 0 Å². The van der Waals surface area contributed by atoms with E-state index in [9.17, 15) is 14.4 Å². The van der Waals surface area contributed by atoms with Gasteiger partial charge < -0.3 is 38.5 Å². The molecule has 2 saturated heterocycles. The number of Topliss-reactive ketones (excluding diaryl/α,β-unsaturated/α-hetero) is 1. The van der Waals surface area contributed by atoms with Gasteiger partial charge in [-0.05, 0) is 94.2 Å². The topological polar surface area (TPSA) is 128 Å². The molecule has 6 atom stereocenters. The molecule has 1 amide bonds. The Morgan fingerprint density at radius 2 is 1.64 bits per heavy atom. The average Bonchev–Trinajstić information content (AvgIpc) is 3.42. The lowest BCUT2D eigenvalue weighted by Crippen LogP contribution is -2.40. The molecule has 2 aromatic carbocycles. The molecule has 0 radical (unpaired) electrons. The Bertz CT molecular complexity index is 1350. The van der Waals surface area contributed by atoms with Crippen LogP contribution >= 0.6 is 0 Å². The van der Waals surface area contributed by atoms with Gasteiger partial charge in [0.2, 0.25) is 5.91 Å². The van der Waals surface area contributed by atoms with Crippen LogP contribution < -0.4 is 14.8 Å². The van der Waals surface area contributed by atoms with Crippen molar-refractivity contribution >= 4 is 23.3 Å². The van der Waals surface area contributed by atoms with E-state index >= 15 is 0 Å². The van der Waals surface area contributed by atoms with Gasteiger partial charge in [-0.1, -0.05) is 30.4 Å². The molecule has 50 heavy (non-hydrogen) atoms. The molecule has 1 aliphatic carbocycles. The molecule has 0 aromatic heterocycles. The van der Waals surface area contributed by atoms with Crippen LogP contribution in [0.5, 0.6) is 11.5 Å². The summed E-state index contributed by atoms with van der Waals surface area (Å²) in [6.07, 6.45) is 9.98. The van der Waals surface area contributed by atoms with Crippen molar-refractivity contribution in [3.8, 4) is 11.5 Å². The number of nitrogens with one attached hydrogen (secondary N) is 1. The van der Waals surface area contributed by atoms with Gasteiger partial charge in [0.1, 0.15) is 30.0 Å². The molecule has 3 fully saturated rings. The van der Waals surface area contributed by atoms with E-state index in [0.717, 1.165) is 44.3 Å². The van der Waals surface area contributed by atoms with Gasteiger partial charge in [0.15, 0.2) is 12.6 Å². The maximum absolute atomic E-state index is 13.4. The Labute approximate surface area is 294 Å². The molecule has 1 saturated carbocycles. The minimum Gasteiger partial charge on any atom is -0.491 e. The number of ether oxygens (including phenoxy) is 7. The summed E-state index contributed by atoms with van der Waals surface area (Å²) in [6, 6.07) is 16.2. The first kappa shape index (κ1) is 37.6. The van der Waals surface area contributed by atoms with Crippen LogP contribution in [0.15, 0.2) is 66.7 Å². The summed E-state index contributed by atoms with van der Waals surface area (Å²) in [5, 5.41) is 2.68. The van der Waals surface area contributed by atoms with Gasteiger partial charge in [-0.25, -0.2) is 0 Å². The number of esters is 1. The van der Waals surface area contributed by atoms with Crippen LogP contribution in [-0.2, 0) is 38.1 Å². The predicted molar refractivity (Wildman–Crippen MR) is 186 cm³/mol. The molecule has 3 aliphatic rings. The second-order valence-electron chi connectivity index (χ2n) is 13.0. The highest BCUT2D eigenvalue weighted by molar-refractivity contribution is 5.88. The van der Waals surface area contributed by atoms with Crippen molar-refractivity contribution < 1.29 is 47.5 Å². The lowest BCUT2D eigenvalue weighted by atomic mass is 9.99. The van der Waals surface area contributed by atoms with Crippen molar-refractivity contribution in [1.29, 1.82) is 0 Å². The number of ketones is 1. The molecule has 272 valence electrons. The fourth-order valence-corrected chi connectivity index (χ4v) is 6.34. The summed E-state index contributed by atoms with van der Waals surface area (Å²) in [6.45, 7) is 3.24. The minimum atomic E-state index is -0.472. The summed E-state index contributed by atoms with van der Waals surface area (Å²) >= 11 is 0. The second-order valence-corrected chi connectivity index (χ2v) is 13.0. The highest BCUT2D eigenvalue weighted by atomic mass is 16.7. The van der Waals surface area contributed by atoms with Crippen LogP contribution in [0.2, 0.25) is 0 Å². The van der Waals surface area contributed by atoms with Crippen molar-refractivity contribution in [2.24, 2.45) is 5.92 Å². The van der Waals surface area contributed by atoms with Gasteiger partial charge in [-0.3, -0.25) is 14.4 Å². The van der Waals surface area contributed by atoms with E-state index in [1.54, 1.807) is 24.3 Å². The van der Waals surface area contributed by atoms with Crippen LogP contribution in [0, 0.1) is 5.92 Å². The number of amides is 1. The van der Waals surface area contributed by atoms with Crippen LogP contribution in [0.25, 0.3) is 0 Å². The number of carbonyl (C=O) groups is 3. The third-order valence-electron chi connectivity index (χ3n) is 8.89. The van der Waals surface area contributed by atoms with Gasteiger partial charge in [0.25, 0.3) is 0 Å². The zero-order valence-corrected chi connectivity index (χ0v) is 29.0. The minimum absolute atomic E-state index is 0.0992. The predicted octanol–water partition coefficient (Wildman–Crippen LogP) is 6.54. The second kappa shape index (κ2) is 20.3. The molecule has 2 aliphatic heterocycles. The third-order valence-corrected chi connectivity index (χ3v) is 8.89. The highest BCUT2D eigenvalue weighted by Gasteiger charge is 2.45. The van der Waals surface area contributed by atoms with Gasteiger partial charge in [-0.15, -0.1) is 0 Å². The van der Waals surface area contributed by atoms with E-state index in [0.29, 0.717) is 43.9 Å². The first-order valence-electron chi connectivity index (χ1n) is 18.0. The fraction of sp³-hybridized carbons (Fsp3) is 0.564. The SMILES string of the molecule is CC(=O)Nc1ccc(OC(=O)CCC/C=C\C[C@H]2C(=O)C[C@@H](OC3CCCCO3)[C@@H]2OCC(COc2ccccc2)OC2CCCCO2)cc1. The average molecular weight is 694 g/mol. The molecule has 11 nitrogen and oxygen atoms in total. The molecule has 2 aromatic rings. The molecular weight excluding hydrogens is 642 g/mol. The Morgan fingerprint density at radius 1 is 0.900 bits per heavy atom. The monoisotopic (exact) mass is 693 g/mol. The van der Waals surface area contributed by atoms with Gasteiger partial charge >= 0.3 is 5.97 Å². The number of hydrogen-bond donors (Lipinski definition) is 1. The number of unbranched alkanes of at least 4 members (excludes halogenated alkanes) is 1. The van der Waals surface area contributed by atoms with Crippen molar-refractivity contribution in [1.82, 2.24) is 0 Å². The largest absolute Gasteiger partial charge is 0.491 e. The Morgan fingerprint density at radius 3 is 2.34 bits per heavy atom. The first-order valence-corrected chi connectivity index (χ1v) is 18.0. The number of benzene rings is 2. The number of anilines is 1. The van der Waals surface area contributed by atoms with E-state index in [4.69, 9.17) is 33.2 Å². The smallest absolute Gasteiger partial charge is 0.311 e. The van der Waals surface area contributed by atoms with E-state index in [1.807, 2.05) is 42.5 Å². The molecule has 0 bridgehead atoms. The van der Waals surface area contributed by atoms with Gasteiger partial charge in [0, 0.05) is 38.7 Å². The summed E-state index contributed by atoms with van der Waals surface area (Å²) in [4.78, 5) is 36.9. The molecule has 0 spiro atoms. The summed E-state index contributed by atoms with van der Waals surface area (Å²) in [5.74, 6) is 0.381. The maximum Gasteiger partial charge on any atom is 0.311 e. The molecule has 1 N–H and O–H groups in total. The normalized spacial score (nSPS) is 24.6. The van der Waals surface area contributed by atoms with Crippen LogP contribution in [0.4, 0.5) is 5.69 Å². The Balaban J connectivity index is 1.14. The Hall–Kier alpha value is -3.61. The summed E-state index contributed by atoms with van der Waals surface area (Å²) in [7, 11) is 0. The maximum atomic E-state index is 13.4. The number of para-hydroxylation sites is 1. The number of rotatable bonds is 18. The number of hydrogen-bond acceptors (Lipinski definition) is 10. The van der Waals surface area contributed by atoms with Crippen molar-refractivity contribution in [2.45, 2.75) is 108 Å². The number of carbonyl (C=O) groups excluding carboxylic acids is 3. The van der Waals surface area contributed by atoms with E-state index in [2.05, 4.69) is 5.32 Å². The zero-order chi connectivity index (χ0) is 35.0. The van der Waals surface area contributed by atoms with Gasteiger partial charge in [-0.2, -0.15) is 0 Å². The van der Waals surface area contributed by atoms with E-state index in [-0.39, 0.29) is 62.2 Å². The molecule has 5 rings (SSSR count). The first-order chi connectivity index (χ1) is 24.4. The molecule has 3 unspecified atom stereocenters. The quantitative estimate of drug-likeness (QED) is 0.0795. The van der Waals surface area contributed by atoms with Crippen LogP contribution in [0.1, 0.15) is 77.6 Å². The van der Waals surface area contributed by atoms with E-state index in [1.165, 1.54) is 6.92 Å². The summed E-state index contributed by atoms with van der Waals surface area (Å²) in [5.41, 5.74) is 0.635. The standard InChI is InChI=1S/C39H51NO10/c1-28(41)40-29-19-21-31(22-20-29)48-36(43)16-8-3-2-7-15-33-34(42)25-35(50-38-18-10-12-24-45-38)39(33)47-27-32(49-37-17-9-11-23-44-37)26-46-30-13-5-4-6-14-30/h2,4-7,13-14,19-22,32-33,35,37-39H,3,8-12,15-18,23-27H2,1H3,(H,40,41)/b7-2-/t32?,33-,35+,37?,38?,39+/m0/s1. The third kappa shape index (κ3) is 12.6. The molecule has 11 heteroatoms. The van der Waals surface area contributed by atoms with Crippen LogP contribution in [-0.4, -0.2) is 75.0 Å². The van der Waals surface area contributed by atoms with E-state index < -0.39 is 18.3 Å². The van der Waals surface area contributed by atoms with Gasteiger partial charge in [0.05, 0.1) is 24.7 Å². The van der Waals surface area contributed by atoms with Crippen molar-refractivity contribution in [3.63, 3.8) is 0 Å². The van der Waals surface area contributed by atoms with Crippen molar-refractivity contribution in [2.75, 3.05) is 31.7 Å². The fourth-order valence-electron chi connectivity index (χ4n) is 6.34. The zero-order valence-electron chi connectivity index (χ0n) is 29.0. The van der Waals surface area contributed by atoms with Crippen molar-refractivity contribution in [3.05, 3.63) is 66.7 Å². The summed E-state index contributed by atoms with van der Waals surface area (Å²) < 4.78 is 42.4. The lowest BCUT2D eigenvalue weighted by Gasteiger charge is -2.32.